The van der Waals surface area contributed by atoms with Crippen molar-refractivity contribution in [1.82, 2.24) is 5.32 Å². The molecule has 84 valence electrons. The van der Waals surface area contributed by atoms with Gasteiger partial charge in [-0.1, -0.05) is 19.3 Å². The maximum absolute atomic E-state index is 3.62. The highest BCUT2D eigenvalue weighted by atomic mass is 32.1. The second-order valence-electron chi connectivity index (χ2n) is 4.83. The van der Waals surface area contributed by atoms with Crippen LogP contribution < -0.4 is 5.32 Å². The van der Waals surface area contributed by atoms with Crippen molar-refractivity contribution >= 4 is 11.3 Å². The number of hydrogen-bond acceptors (Lipinski definition) is 2. The van der Waals surface area contributed by atoms with Gasteiger partial charge in [0.1, 0.15) is 0 Å². The SMILES string of the molecule is Cc1ccc(CNC(C)CC2CCC2)s1. The van der Waals surface area contributed by atoms with Crippen molar-refractivity contribution in [2.75, 3.05) is 0 Å². The minimum Gasteiger partial charge on any atom is -0.309 e. The molecule has 0 radical (unpaired) electrons. The van der Waals surface area contributed by atoms with Crippen LogP contribution in [0.1, 0.15) is 42.4 Å². The summed E-state index contributed by atoms with van der Waals surface area (Å²) in [5.74, 6) is 1.01. The van der Waals surface area contributed by atoms with Gasteiger partial charge >= 0.3 is 0 Å². The van der Waals surface area contributed by atoms with Gasteiger partial charge in [0.05, 0.1) is 0 Å². The maximum Gasteiger partial charge on any atom is 0.0302 e. The molecule has 1 fully saturated rings. The van der Waals surface area contributed by atoms with E-state index in [-0.39, 0.29) is 0 Å². The van der Waals surface area contributed by atoms with E-state index in [0.717, 1.165) is 12.5 Å². The Morgan fingerprint density at radius 3 is 2.80 bits per heavy atom. The Hall–Kier alpha value is -0.340. The van der Waals surface area contributed by atoms with Crippen molar-refractivity contribution in [3.8, 4) is 0 Å². The molecule has 1 heterocycles. The van der Waals surface area contributed by atoms with Gasteiger partial charge in [0.15, 0.2) is 0 Å². The van der Waals surface area contributed by atoms with Crippen molar-refractivity contribution in [3.63, 3.8) is 0 Å². The largest absolute Gasteiger partial charge is 0.309 e. The zero-order valence-corrected chi connectivity index (χ0v) is 10.6. The van der Waals surface area contributed by atoms with Crippen LogP contribution in [0.15, 0.2) is 12.1 Å². The monoisotopic (exact) mass is 223 g/mol. The average Bonchev–Trinajstić information content (AvgIpc) is 2.55. The molecule has 15 heavy (non-hydrogen) atoms. The van der Waals surface area contributed by atoms with E-state index in [1.165, 1.54) is 35.4 Å². The van der Waals surface area contributed by atoms with E-state index in [9.17, 15) is 0 Å². The Balaban J connectivity index is 1.68. The second-order valence-corrected chi connectivity index (χ2v) is 6.20. The van der Waals surface area contributed by atoms with E-state index >= 15 is 0 Å². The Labute approximate surface area is 96.9 Å². The fourth-order valence-electron chi connectivity index (χ4n) is 2.17. The zero-order chi connectivity index (χ0) is 10.7. The number of nitrogens with one attached hydrogen (secondary N) is 1. The highest BCUT2D eigenvalue weighted by Crippen LogP contribution is 2.30. The van der Waals surface area contributed by atoms with Gasteiger partial charge < -0.3 is 5.32 Å². The van der Waals surface area contributed by atoms with Gasteiger partial charge in [0, 0.05) is 22.3 Å². The van der Waals surface area contributed by atoms with Crippen LogP contribution in [0, 0.1) is 12.8 Å². The molecule has 1 atom stereocenters. The van der Waals surface area contributed by atoms with Crippen molar-refractivity contribution in [2.24, 2.45) is 5.92 Å². The molecule has 1 aromatic heterocycles. The van der Waals surface area contributed by atoms with Gasteiger partial charge in [-0.25, -0.2) is 0 Å². The first kappa shape index (κ1) is 11.2. The maximum atomic E-state index is 3.62. The van der Waals surface area contributed by atoms with Gasteiger partial charge in [-0.2, -0.15) is 0 Å². The quantitative estimate of drug-likeness (QED) is 0.802. The van der Waals surface area contributed by atoms with Gasteiger partial charge in [-0.3, -0.25) is 0 Å². The summed E-state index contributed by atoms with van der Waals surface area (Å²) in [5, 5.41) is 3.62. The molecule has 0 aromatic carbocycles. The molecule has 1 N–H and O–H groups in total. The van der Waals surface area contributed by atoms with E-state index < -0.39 is 0 Å². The molecule has 1 saturated carbocycles. The molecule has 0 amide bonds. The Kier molecular flexibility index (Phi) is 3.81. The average molecular weight is 223 g/mol. The summed E-state index contributed by atoms with van der Waals surface area (Å²) in [5.41, 5.74) is 0. The van der Waals surface area contributed by atoms with E-state index in [4.69, 9.17) is 0 Å². The van der Waals surface area contributed by atoms with Crippen molar-refractivity contribution in [1.29, 1.82) is 0 Å². The Morgan fingerprint density at radius 2 is 2.27 bits per heavy atom. The standard InChI is InChI=1S/C13H21NS/c1-10(8-12-4-3-5-12)14-9-13-7-6-11(2)15-13/h6-7,10,12,14H,3-5,8-9H2,1-2H3. The fraction of sp³-hybridized carbons (Fsp3) is 0.692. The fourth-order valence-corrected chi connectivity index (χ4v) is 3.01. The van der Waals surface area contributed by atoms with Crippen molar-refractivity contribution in [2.45, 2.75) is 52.1 Å². The number of aryl methyl sites for hydroxylation is 1. The molecule has 0 aliphatic heterocycles. The minimum atomic E-state index is 0.678. The highest BCUT2D eigenvalue weighted by Gasteiger charge is 2.19. The molecule has 0 saturated heterocycles. The number of hydrogen-bond donors (Lipinski definition) is 1. The molecule has 1 unspecified atom stereocenters. The summed E-state index contributed by atoms with van der Waals surface area (Å²) in [6.45, 7) is 5.54. The molecule has 1 nitrogen and oxygen atoms in total. The highest BCUT2D eigenvalue weighted by molar-refractivity contribution is 7.11. The molecule has 1 aliphatic rings. The van der Waals surface area contributed by atoms with E-state index in [1.54, 1.807) is 0 Å². The number of rotatable bonds is 5. The smallest absolute Gasteiger partial charge is 0.0302 e. The van der Waals surface area contributed by atoms with Crippen LogP contribution in [0.5, 0.6) is 0 Å². The van der Waals surface area contributed by atoms with Crippen molar-refractivity contribution in [3.05, 3.63) is 21.9 Å². The molecule has 0 spiro atoms. The van der Waals surface area contributed by atoms with Crippen LogP contribution in [-0.4, -0.2) is 6.04 Å². The Morgan fingerprint density at radius 1 is 1.47 bits per heavy atom. The summed E-state index contributed by atoms with van der Waals surface area (Å²) < 4.78 is 0. The van der Waals surface area contributed by atoms with E-state index in [0.29, 0.717) is 6.04 Å². The normalized spacial score (nSPS) is 18.8. The summed E-state index contributed by atoms with van der Waals surface area (Å²) >= 11 is 1.91. The first-order valence-electron chi connectivity index (χ1n) is 6.03. The molecule has 0 bridgehead atoms. The summed E-state index contributed by atoms with van der Waals surface area (Å²) in [6.07, 6.45) is 5.75. The lowest BCUT2D eigenvalue weighted by molar-refractivity contribution is 0.266. The third kappa shape index (κ3) is 3.32. The van der Waals surface area contributed by atoms with Crippen LogP contribution in [0.4, 0.5) is 0 Å². The molecule has 2 rings (SSSR count). The molecule has 1 aromatic rings. The third-order valence-electron chi connectivity index (χ3n) is 3.33. The van der Waals surface area contributed by atoms with Gasteiger partial charge in [0.2, 0.25) is 0 Å². The lowest BCUT2D eigenvalue weighted by Gasteiger charge is -2.28. The van der Waals surface area contributed by atoms with Crippen LogP contribution in [0.3, 0.4) is 0 Å². The van der Waals surface area contributed by atoms with Crippen LogP contribution in [0.25, 0.3) is 0 Å². The van der Waals surface area contributed by atoms with Gasteiger partial charge in [-0.05, 0) is 38.3 Å². The summed E-state index contributed by atoms with van der Waals surface area (Å²) in [4.78, 5) is 2.88. The van der Waals surface area contributed by atoms with Crippen molar-refractivity contribution < 1.29 is 0 Å². The molecule has 2 heteroatoms. The predicted molar refractivity (Wildman–Crippen MR) is 67.3 cm³/mol. The third-order valence-corrected chi connectivity index (χ3v) is 4.33. The van der Waals surface area contributed by atoms with Crippen LogP contribution in [-0.2, 0) is 6.54 Å². The second kappa shape index (κ2) is 5.13. The zero-order valence-electron chi connectivity index (χ0n) is 9.75. The minimum absolute atomic E-state index is 0.678. The lowest BCUT2D eigenvalue weighted by Crippen LogP contribution is -2.29. The Bertz CT molecular complexity index is 301. The predicted octanol–water partition coefficient (Wildman–Crippen LogP) is 3.72. The van der Waals surface area contributed by atoms with Crippen LogP contribution >= 0.6 is 11.3 Å². The summed E-state index contributed by atoms with van der Waals surface area (Å²) in [6, 6.07) is 5.12. The molecular formula is C13H21NS. The summed E-state index contributed by atoms with van der Waals surface area (Å²) in [7, 11) is 0. The molecule has 1 aliphatic carbocycles. The van der Waals surface area contributed by atoms with E-state index in [1.807, 2.05) is 11.3 Å². The lowest BCUT2D eigenvalue weighted by atomic mass is 9.81. The first-order valence-corrected chi connectivity index (χ1v) is 6.84. The van der Waals surface area contributed by atoms with Gasteiger partial charge in [-0.15, -0.1) is 11.3 Å². The first-order chi connectivity index (χ1) is 7.24. The van der Waals surface area contributed by atoms with Crippen LogP contribution in [0.2, 0.25) is 0 Å². The van der Waals surface area contributed by atoms with E-state index in [2.05, 4.69) is 31.3 Å². The molecular weight excluding hydrogens is 202 g/mol. The number of thiophene rings is 1. The topological polar surface area (TPSA) is 12.0 Å². The van der Waals surface area contributed by atoms with Gasteiger partial charge in [0.25, 0.3) is 0 Å².